The van der Waals surface area contributed by atoms with Crippen LogP contribution in [0.25, 0.3) is 0 Å². The number of halogens is 3. The largest absolute Gasteiger partial charge is 0.416 e. The van der Waals surface area contributed by atoms with Crippen LogP contribution in [0.3, 0.4) is 0 Å². The van der Waals surface area contributed by atoms with Crippen molar-refractivity contribution in [3.8, 4) is 11.8 Å². The van der Waals surface area contributed by atoms with Gasteiger partial charge in [-0.2, -0.15) is 13.2 Å². The number of Topliss-reactive ketones (excluding diaryl/α,β-unsaturated/α-hetero) is 1. The summed E-state index contributed by atoms with van der Waals surface area (Å²) in [5.74, 6) is 5.76. The lowest BCUT2D eigenvalue weighted by molar-refractivity contribution is -0.138. The van der Waals surface area contributed by atoms with Crippen molar-refractivity contribution in [1.82, 2.24) is 14.8 Å². The predicted octanol–water partition coefficient (Wildman–Crippen LogP) is 4.63. The van der Waals surface area contributed by atoms with Crippen LogP contribution in [0, 0.1) is 18.8 Å². The molecule has 1 aliphatic rings. The van der Waals surface area contributed by atoms with Gasteiger partial charge >= 0.3 is 6.18 Å². The van der Waals surface area contributed by atoms with Gasteiger partial charge < -0.3 is 10.6 Å². The second kappa shape index (κ2) is 10.8. The maximum absolute atomic E-state index is 13.9. The molecule has 9 heteroatoms. The fourth-order valence-corrected chi connectivity index (χ4v) is 4.61. The Labute approximate surface area is 212 Å². The molecule has 0 spiro atoms. The van der Waals surface area contributed by atoms with Crippen LogP contribution in [0.4, 0.5) is 18.3 Å². The number of hydrogen-bond acceptors (Lipinski definition) is 6. The highest BCUT2D eigenvalue weighted by Gasteiger charge is 2.34. The Kier molecular flexibility index (Phi) is 7.79. The number of carbonyl (C=O) groups is 1. The third-order valence-electron chi connectivity index (χ3n) is 6.24. The van der Waals surface area contributed by atoms with Gasteiger partial charge in [-0.15, -0.1) is 0 Å². The molecule has 0 aliphatic carbocycles. The molecule has 5 nitrogen and oxygen atoms in total. The van der Waals surface area contributed by atoms with Crippen molar-refractivity contribution in [2.75, 3.05) is 39.0 Å². The van der Waals surface area contributed by atoms with Crippen molar-refractivity contribution < 1.29 is 18.0 Å². The van der Waals surface area contributed by atoms with Crippen LogP contribution in [0.2, 0.25) is 0 Å². The van der Waals surface area contributed by atoms with E-state index in [9.17, 15) is 18.0 Å². The van der Waals surface area contributed by atoms with Gasteiger partial charge in [0.2, 0.25) is 0 Å². The molecule has 1 aliphatic heterocycles. The Morgan fingerprint density at radius 3 is 2.53 bits per heavy atom. The molecule has 0 amide bonds. The van der Waals surface area contributed by atoms with Gasteiger partial charge in [-0.25, -0.2) is 4.98 Å². The smallest absolute Gasteiger partial charge is 0.375 e. The Balaban J connectivity index is 1.52. The number of aromatic nitrogens is 1. The summed E-state index contributed by atoms with van der Waals surface area (Å²) in [7, 11) is 2.01. The molecule has 0 atom stereocenters. The van der Waals surface area contributed by atoms with Crippen LogP contribution < -0.4 is 5.73 Å². The Morgan fingerprint density at radius 1 is 1.11 bits per heavy atom. The first-order valence-corrected chi connectivity index (χ1v) is 12.4. The van der Waals surface area contributed by atoms with Gasteiger partial charge in [0.25, 0.3) is 0 Å². The van der Waals surface area contributed by atoms with E-state index in [1.807, 2.05) is 18.9 Å². The molecule has 1 aromatic heterocycles. The number of benzene rings is 2. The van der Waals surface area contributed by atoms with Crippen LogP contribution in [-0.4, -0.2) is 53.8 Å². The Bertz CT molecular complexity index is 1310. The first kappa shape index (κ1) is 25.9. The maximum atomic E-state index is 13.9. The lowest BCUT2D eigenvalue weighted by atomic mass is 9.96. The molecule has 1 fully saturated rings. The molecule has 3 aromatic rings. The molecular formula is C27H27F3N4OS. The number of piperazine rings is 1. The minimum atomic E-state index is -4.49. The van der Waals surface area contributed by atoms with Gasteiger partial charge in [0.15, 0.2) is 10.9 Å². The molecule has 36 heavy (non-hydrogen) atoms. The zero-order valence-corrected chi connectivity index (χ0v) is 21.0. The van der Waals surface area contributed by atoms with Crippen LogP contribution in [-0.2, 0) is 19.1 Å². The highest BCUT2D eigenvalue weighted by atomic mass is 32.1. The normalized spacial score (nSPS) is 14.9. The third-order valence-corrected chi connectivity index (χ3v) is 6.98. The summed E-state index contributed by atoms with van der Waals surface area (Å²) in [6.07, 6.45) is -3.03. The van der Waals surface area contributed by atoms with E-state index in [4.69, 9.17) is 5.73 Å². The summed E-state index contributed by atoms with van der Waals surface area (Å²) in [5, 5.41) is 0.424. The molecule has 2 aromatic carbocycles. The second-order valence-electron chi connectivity index (χ2n) is 9.01. The Morgan fingerprint density at radius 2 is 1.86 bits per heavy atom. The number of thiazole rings is 1. The number of nitrogens with zero attached hydrogens (tertiary/aromatic N) is 3. The number of nitrogen functional groups attached to an aromatic ring is 1. The van der Waals surface area contributed by atoms with Gasteiger partial charge in [-0.05, 0) is 48.7 Å². The fourth-order valence-electron chi connectivity index (χ4n) is 4.07. The van der Waals surface area contributed by atoms with Crippen molar-refractivity contribution in [2.24, 2.45) is 0 Å². The topological polar surface area (TPSA) is 62.5 Å². The van der Waals surface area contributed by atoms with Crippen molar-refractivity contribution in [3.05, 3.63) is 80.9 Å². The molecule has 0 saturated carbocycles. The van der Waals surface area contributed by atoms with E-state index < -0.39 is 11.7 Å². The van der Waals surface area contributed by atoms with Crippen molar-refractivity contribution >= 4 is 22.3 Å². The summed E-state index contributed by atoms with van der Waals surface area (Å²) in [6.45, 7) is 5.23. The first-order chi connectivity index (χ1) is 17.1. The van der Waals surface area contributed by atoms with Gasteiger partial charge in [0.1, 0.15) is 0 Å². The molecule has 0 bridgehead atoms. The summed E-state index contributed by atoms with van der Waals surface area (Å²) >= 11 is 1.27. The molecule has 2 heterocycles. The number of nitrogens with two attached hydrogens (primary N) is 1. The zero-order chi connectivity index (χ0) is 25.9. The minimum Gasteiger partial charge on any atom is -0.375 e. The fraction of sp³-hybridized carbons (Fsp3) is 0.333. The van der Waals surface area contributed by atoms with Gasteiger partial charge in [-0.3, -0.25) is 9.69 Å². The maximum Gasteiger partial charge on any atom is 0.416 e. The number of alkyl halides is 3. The van der Waals surface area contributed by atoms with Gasteiger partial charge in [-0.1, -0.05) is 41.5 Å². The number of rotatable bonds is 5. The molecule has 0 radical (unpaired) electrons. The zero-order valence-electron chi connectivity index (χ0n) is 20.2. The number of hydrogen-bond donors (Lipinski definition) is 1. The molecule has 2 N–H and O–H groups in total. The van der Waals surface area contributed by atoms with Crippen LogP contribution in [0.1, 0.15) is 43.1 Å². The summed E-state index contributed by atoms with van der Waals surface area (Å²) in [5.41, 5.74) is 7.50. The molecule has 1 saturated heterocycles. The number of ketones is 1. The monoisotopic (exact) mass is 512 g/mol. The van der Waals surface area contributed by atoms with Crippen molar-refractivity contribution in [1.29, 1.82) is 0 Å². The predicted molar refractivity (Wildman–Crippen MR) is 136 cm³/mol. The van der Waals surface area contributed by atoms with Gasteiger partial charge in [0, 0.05) is 50.3 Å². The highest BCUT2D eigenvalue weighted by molar-refractivity contribution is 7.15. The minimum absolute atomic E-state index is 0.126. The average molecular weight is 513 g/mol. The van der Waals surface area contributed by atoms with E-state index in [-0.39, 0.29) is 24.3 Å². The van der Waals surface area contributed by atoms with Crippen molar-refractivity contribution in [3.63, 3.8) is 0 Å². The lowest BCUT2D eigenvalue weighted by Crippen LogP contribution is -2.44. The first-order valence-electron chi connectivity index (χ1n) is 11.6. The SMILES string of the molecule is Cc1ccc(C(=O)Cc2ccc(CN3CCN(C)CC3)c(C(F)(F)F)c2)cc1C#Cc1cnc(N)s1. The molecule has 188 valence electrons. The number of aryl methyl sites for hydroxylation is 1. The van der Waals surface area contributed by atoms with Gasteiger partial charge in [0.05, 0.1) is 16.6 Å². The molecule has 0 unspecified atom stereocenters. The lowest BCUT2D eigenvalue weighted by Gasteiger charge is -2.33. The second-order valence-corrected chi connectivity index (χ2v) is 10.1. The van der Waals surface area contributed by atoms with E-state index in [1.54, 1.807) is 30.5 Å². The quantitative estimate of drug-likeness (QED) is 0.399. The average Bonchev–Trinajstić information content (AvgIpc) is 3.25. The van der Waals surface area contributed by atoms with Crippen molar-refractivity contribution in [2.45, 2.75) is 26.1 Å². The summed E-state index contributed by atoms with van der Waals surface area (Å²) in [6, 6.07) is 9.41. The van der Waals surface area contributed by atoms with E-state index in [2.05, 4.69) is 21.7 Å². The number of anilines is 1. The summed E-state index contributed by atoms with van der Waals surface area (Å²) in [4.78, 5) is 21.8. The molecular weight excluding hydrogens is 485 g/mol. The van der Waals surface area contributed by atoms with Crippen LogP contribution in [0.5, 0.6) is 0 Å². The highest BCUT2D eigenvalue weighted by Crippen LogP contribution is 2.34. The Hall–Kier alpha value is -3.19. The van der Waals surface area contributed by atoms with E-state index in [0.29, 0.717) is 26.7 Å². The number of carbonyl (C=O) groups excluding carboxylic acids is 1. The standard InChI is InChI=1S/C27H27F3N4OS/c1-18-3-5-21(15-20(18)7-8-23-16-32-26(31)36-23)25(35)14-19-4-6-22(24(13-19)27(28,29)30)17-34-11-9-33(2)10-12-34/h3-6,13,15-16H,9-12,14,17H2,1-2H3,(H2,31,32). The van der Waals surface area contributed by atoms with E-state index >= 15 is 0 Å². The van der Waals surface area contributed by atoms with Crippen LogP contribution in [0.15, 0.2) is 42.6 Å². The summed E-state index contributed by atoms with van der Waals surface area (Å²) < 4.78 is 41.7. The third kappa shape index (κ3) is 6.52. The van der Waals surface area contributed by atoms with E-state index in [1.165, 1.54) is 17.4 Å². The molecule has 4 rings (SSSR count). The van der Waals surface area contributed by atoms with Crippen LogP contribution >= 0.6 is 11.3 Å². The van der Waals surface area contributed by atoms with E-state index in [0.717, 1.165) is 37.8 Å². The number of likely N-dealkylation sites (N-methyl/N-ethyl adjacent to an activating group) is 1.